The highest BCUT2D eigenvalue weighted by Crippen LogP contribution is 2.14. The predicted octanol–water partition coefficient (Wildman–Crippen LogP) is 1.45. The SMILES string of the molecule is CCC(CN)S(=O)(=O)NCC(C)c1ccccc1. The van der Waals surface area contributed by atoms with Crippen LogP contribution >= 0.6 is 0 Å². The van der Waals surface area contributed by atoms with Gasteiger partial charge < -0.3 is 5.73 Å². The van der Waals surface area contributed by atoms with Gasteiger partial charge in [-0.1, -0.05) is 44.2 Å². The minimum absolute atomic E-state index is 0.149. The number of benzene rings is 1. The number of nitrogens with two attached hydrogens (primary N) is 1. The van der Waals surface area contributed by atoms with E-state index < -0.39 is 15.3 Å². The summed E-state index contributed by atoms with van der Waals surface area (Å²) in [5.41, 5.74) is 6.59. The molecule has 2 unspecified atom stereocenters. The maximum absolute atomic E-state index is 11.9. The highest BCUT2D eigenvalue weighted by atomic mass is 32.2. The Kier molecular flexibility index (Phi) is 5.78. The van der Waals surface area contributed by atoms with E-state index in [0.29, 0.717) is 13.0 Å². The first-order valence-corrected chi connectivity index (χ1v) is 7.79. The normalized spacial score (nSPS) is 15.3. The van der Waals surface area contributed by atoms with Crippen molar-refractivity contribution < 1.29 is 8.42 Å². The monoisotopic (exact) mass is 270 g/mol. The summed E-state index contributed by atoms with van der Waals surface area (Å²) in [4.78, 5) is 0. The number of hydrogen-bond acceptors (Lipinski definition) is 3. The molecule has 0 fully saturated rings. The third-order valence-corrected chi connectivity index (χ3v) is 5.09. The van der Waals surface area contributed by atoms with Crippen molar-refractivity contribution in [2.75, 3.05) is 13.1 Å². The minimum atomic E-state index is -3.30. The molecule has 102 valence electrons. The second-order valence-corrected chi connectivity index (χ2v) is 6.52. The molecule has 1 aromatic carbocycles. The molecule has 0 heterocycles. The van der Waals surface area contributed by atoms with E-state index in [4.69, 9.17) is 5.73 Å². The molecule has 0 amide bonds. The van der Waals surface area contributed by atoms with Crippen LogP contribution < -0.4 is 10.5 Å². The first kappa shape index (κ1) is 15.1. The minimum Gasteiger partial charge on any atom is -0.329 e. The van der Waals surface area contributed by atoms with Crippen molar-refractivity contribution in [3.63, 3.8) is 0 Å². The summed E-state index contributed by atoms with van der Waals surface area (Å²) in [5.74, 6) is 0.149. The molecule has 0 aliphatic heterocycles. The molecule has 2 atom stereocenters. The highest BCUT2D eigenvalue weighted by Gasteiger charge is 2.22. The topological polar surface area (TPSA) is 72.2 Å². The van der Waals surface area contributed by atoms with E-state index in [-0.39, 0.29) is 12.5 Å². The Morgan fingerprint density at radius 2 is 1.89 bits per heavy atom. The zero-order chi connectivity index (χ0) is 13.6. The maximum atomic E-state index is 11.9. The first-order chi connectivity index (χ1) is 8.51. The Morgan fingerprint density at radius 1 is 1.28 bits per heavy atom. The Bertz CT molecular complexity index is 441. The molecule has 0 saturated heterocycles. The molecular formula is C13H22N2O2S. The van der Waals surface area contributed by atoms with E-state index in [9.17, 15) is 8.42 Å². The van der Waals surface area contributed by atoms with Crippen LogP contribution in [-0.4, -0.2) is 26.8 Å². The van der Waals surface area contributed by atoms with E-state index in [0.717, 1.165) is 5.56 Å². The fourth-order valence-corrected chi connectivity index (χ4v) is 3.18. The van der Waals surface area contributed by atoms with Crippen LogP contribution in [0.15, 0.2) is 30.3 Å². The lowest BCUT2D eigenvalue weighted by molar-refractivity contribution is 0.555. The standard InChI is InChI=1S/C13H22N2O2S/c1-3-13(9-14)18(16,17)15-10-11(2)12-7-5-4-6-8-12/h4-8,11,13,15H,3,9-10,14H2,1-2H3. The average molecular weight is 270 g/mol. The molecule has 1 aromatic rings. The number of nitrogens with one attached hydrogen (secondary N) is 1. The van der Waals surface area contributed by atoms with Crippen molar-refractivity contribution in [3.8, 4) is 0 Å². The molecule has 0 spiro atoms. The van der Waals surface area contributed by atoms with Crippen molar-refractivity contribution in [1.82, 2.24) is 4.72 Å². The number of sulfonamides is 1. The molecule has 0 saturated carbocycles. The van der Waals surface area contributed by atoms with Crippen LogP contribution in [0, 0.1) is 0 Å². The van der Waals surface area contributed by atoms with Crippen LogP contribution in [0.2, 0.25) is 0 Å². The fourth-order valence-electron chi connectivity index (χ4n) is 1.77. The number of hydrogen-bond donors (Lipinski definition) is 2. The zero-order valence-corrected chi connectivity index (χ0v) is 11.8. The van der Waals surface area contributed by atoms with Crippen LogP contribution in [0.3, 0.4) is 0 Å². The van der Waals surface area contributed by atoms with Crippen molar-refractivity contribution in [1.29, 1.82) is 0 Å². The van der Waals surface area contributed by atoms with Gasteiger partial charge in [0.05, 0.1) is 5.25 Å². The average Bonchev–Trinajstić information content (AvgIpc) is 2.38. The molecule has 3 N–H and O–H groups in total. The fraction of sp³-hybridized carbons (Fsp3) is 0.538. The molecule has 0 aromatic heterocycles. The molecule has 4 nitrogen and oxygen atoms in total. The maximum Gasteiger partial charge on any atom is 0.215 e. The molecule has 18 heavy (non-hydrogen) atoms. The summed E-state index contributed by atoms with van der Waals surface area (Å²) < 4.78 is 26.5. The summed E-state index contributed by atoms with van der Waals surface area (Å²) >= 11 is 0. The molecule has 5 heteroatoms. The molecular weight excluding hydrogens is 248 g/mol. The van der Waals surface area contributed by atoms with E-state index >= 15 is 0 Å². The second kappa shape index (κ2) is 6.87. The Hall–Kier alpha value is -0.910. The van der Waals surface area contributed by atoms with Gasteiger partial charge in [-0.15, -0.1) is 0 Å². The highest BCUT2D eigenvalue weighted by molar-refractivity contribution is 7.90. The lowest BCUT2D eigenvalue weighted by Crippen LogP contribution is -2.40. The van der Waals surface area contributed by atoms with Crippen LogP contribution in [0.4, 0.5) is 0 Å². The summed E-state index contributed by atoms with van der Waals surface area (Å²) in [6.07, 6.45) is 0.533. The van der Waals surface area contributed by atoms with Gasteiger partial charge in [0.25, 0.3) is 0 Å². The van der Waals surface area contributed by atoms with E-state index in [1.54, 1.807) is 0 Å². The van der Waals surface area contributed by atoms with E-state index in [1.165, 1.54) is 0 Å². The van der Waals surface area contributed by atoms with Crippen molar-refractivity contribution in [3.05, 3.63) is 35.9 Å². The first-order valence-electron chi connectivity index (χ1n) is 6.24. The largest absolute Gasteiger partial charge is 0.329 e. The van der Waals surface area contributed by atoms with Crippen molar-refractivity contribution in [2.45, 2.75) is 31.4 Å². The zero-order valence-electron chi connectivity index (χ0n) is 11.0. The van der Waals surface area contributed by atoms with E-state index in [1.807, 2.05) is 44.2 Å². The molecule has 0 bridgehead atoms. The van der Waals surface area contributed by atoms with Gasteiger partial charge in [-0.05, 0) is 17.9 Å². The van der Waals surface area contributed by atoms with E-state index in [2.05, 4.69) is 4.72 Å². The third-order valence-electron chi connectivity index (χ3n) is 3.12. The van der Waals surface area contributed by atoms with Crippen LogP contribution in [0.5, 0.6) is 0 Å². The van der Waals surface area contributed by atoms with Gasteiger partial charge in [0.15, 0.2) is 0 Å². The summed E-state index contributed by atoms with van der Waals surface area (Å²) in [6.45, 7) is 4.40. The summed E-state index contributed by atoms with van der Waals surface area (Å²) in [6, 6.07) is 9.85. The Labute approximate surface area is 110 Å². The quantitative estimate of drug-likeness (QED) is 0.787. The van der Waals surface area contributed by atoms with Gasteiger partial charge in [-0.25, -0.2) is 13.1 Å². The number of rotatable bonds is 7. The van der Waals surface area contributed by atoms with Gasteiger partial charge in [0.2, 0.25) is 10.0 Å². The molecule has 0 radical (unpaired) electrons. The Morgan fingerprint density at radius 3 is 2.39 bits per heavy atom. The van der Waals surface area contributed by atoms with Crippen LogP contribution in [-0.2, 0) is 10.0 Å². The summed E-state index contributed by atoms with van der Waals surface area (Å²) in [5, 5.41) is -0.500. The van der Waals surface area contributed by atoms with Crippen LogP contribution in [0.1, 0.15) is 31.7 Å². The van der Waals surface area contributed by atoms with Gasteiger partial charge in [0, 0.05) is 13.1 Å². The summed E-state index contributed by atoms with van der Waals surface area (Å²) in [7, 11) is -3.30. The van der Waals surface area contributed by atoms with Crippen molar-refractivity contribution >= 4 is 10.0 Å². The van der Waals surface area contributed by atoms with Gasteiger partial charge in [0.1, 0.15) is 0 Å². The van der Waals surface area contributed by atoms with Gasteiger partial charge >= 0.3 is 0 Å². The predicted molar refractivity (Wildman–Crippen MR) is 74.9 cm³/mol. The van der Waals surface area contributed by atoms with Gasteiger partial charge in [-0.2, -0.15) is 0 Å². The van der Waals surface area contributed by atoms with Crippen molar-refractivity contribution in [2.24, 2.45) is 5.73 Å². The molecule has 1 rings (SSSR count). The third kappa shape index (κ3) is 4.08. The lowest BCUT2D eigenvalue weighted by atomic mass is 10.0. The molecule has 0 aliphatic rings. The lowest BCUT2D eigenvalue weighted by Gasteiger charge is -2.17. The Balaban J connectivity index is 2.60. The second-order valence-electron chi connectivity index (χ2n) is 4.47. The smallest absolute Gasteiger partial charge is 0.215 e. The van der Waals surface area contributed by atoms with Crippen LogP contribution in [0.25, 0.3) is 0 Å². The molecule has 0 aliphatic carbocycles. The van der Waals surface area contributed by atoms with Gasteiger partial charge in [-0.3, -0.25) is 0 Å².